The van der Waals surface area contributed by atoms with Gasteiger partial charge in [0, 0.05) is 17.1 Å². The third-order valence-electron chi connectivity index (χ3n) is 3.97. The van der Waals surface area contributed by atoms with Crippen LogP contribution in [0.2, 0.25) is 10.0 Å². The van der Waals surface area contributed by atoms with Gasteiger partial charge in [-0.1, -0.05) is 44.0 Å². The molecule has 1 rings (SSSR count). The van der Waals surface area contributed by atoms with Crippen molar-refractivity contribution in [3.8, 4) is 0 Å². The summed E-state index contributed by atoms with van der Waals surface area (Å²) >= 11 is 12.1. The largest absolute Gasteiger partial charge is 0.326 e. The van der Waals surface area contributed by atoms with E-state index in [1.54, 1.807) is 6.07 Å². The zero-order valence-corrected chi connectivity index (χ0v) is 14.9. The number of nitrogens with two attached hydrogens (primary N) is 1. The quantitative estimate of drug-likeness (QED) is 0.785. The third-order valence-corrected chi connectivity index (χ3v) is 6.35. The van der Waals surface area contributed by atoms with Crippen LogP contribution in [0.5, 0.6) is 0 Å². The normalized spacial score (nSPS) is 12.7. The molecule has 0 fully saturated rings. The topological polar surface area (TPSA) is 72.2 Å². The van der Waals surface area contributed by atoms with Crippen molar-refractivity contribution < 1.29 is 8.42 Å². The zero-order chi connectivity index (χ0) is 16.3. The number of hydrogen-bond donors (Lipinski definition) is 2. The van der Waals surface area contributed by atoms with Gasteiger partial charge in [-0.2, -0.15) is 0 Å². The summed E-state index contributed by atoms with van der Waals surface area (Å²) in [4.78, 5) is -0.0168. The lowest BCUT2D eigenvalue weighted by Gasteiger charge is -2.31. The van der Waals surface area contributed by atoms with Crippen molar-refractivity contribution in [2.24, 2.45) is 5.73 Å². The molecule has 3 N–H and O–H groups in total. The first-order valence-electron chi connectivity index (χ1n) is 6.97. The van der Waals surface area contributed by atoms with Crippen LogP contribution in [0, 0.1) is 0 Å². The van der Waals surface area contributed by atoms with Crippen LogP contribution in [-0.4, -0.2) is 14.0 Å². The standard InChI is InChI=1S/C14H22Cl2N2O2S/c1-4-14(5-2,6-3)18-21(19,20)12-8-11(15)7-10(9-17)13(12)16/h7-8,18H,4-6,9,17H2,1-3H3. The van der Waals surface area contributed by atoms with Crippen LogP contribution in [0.3, 0.4) is 0 Å². The van der Waals surface area contributed by atoms with Gasteiger partial charge in [-0.25, -0.2) is 13.1 Å². The maximum absolute atomic E-state index is 12.7. The van der Waals surface area contributed by atoms with Crippen molar-refractivity contribution in [3.05, 3.63) is 27.7 Å². The van der Waals surface area contributed by atoms with Crippen molar-refractivity contribution in [3.63, 3.8) is 0 Å². The van der Waals surface area contributed by atoms with E-state index in [0.29, 0.717) is 29.8 Å². The maximum Gasteiger partial charge on any atom is 0.242 e. The molecule has 0 amide bonds. The molecule has 21 heavy (non-hydrogen) atoms. The molecule has 0 spiro atoms. The Labute approximate surface area is 137 Å². The zero-order valence-electron chi connectivity index (χ0n) is 12.5. The lowest BCUT2D eigenvalue weighted by Crippen LogP contribution is -2.47. The average molecular weight is 353 g/mol. The fourth-order valence-corrected chi connectivity index (χ4v) is 4.83. The average Bonchev–Trinajstić information content (AvgIpc) is 2.46. The molecule has 0 unspecified atom stereocenters. The maximum atomic E-state index is 12.7. The fraction of sp³-hybridized carbons (Fsp3) is 0.571. The van der Waals surface area contributed by atoms with Gasteiger partial charge < -0.3 is 5.73 Å². The molecule has 0 aromatic heterocycles. The number of rotatable bonds is 7. The van der Waals surface area contributed by atoms with Crippen LogP contribution >= 0.6 is 23.2 Å². The number of sulfonamides is 1. The minimum absolute atomic E-state index is 0.0168. The van der Waals surface area contributed by atoms with Gasteiger partial charge in [0.05, 0.1) is 5.02 Å². The van der Waals surface area contributed by atoms with E-state index < -0.39 is 15.6 Å². The van der Waals surface area contributed by atoms with E-state index in [1.165, 1.54) is 6.07 Å². The molecule has 0 saturated carbocycles. The molecule has 0 saturated heterocycles. The van der Waals surface area contributed by atoms with Crippen molar-refractivity contribution in [2.75, 3.05) is 0 Å². The van der Waals surface area contributed by atoms with Gasteiger partial charge >= 0.3 is 0 Å². The van der Waals surface area contributed by atoms with Gasteiger partial charge in [-0.05, 0) is 37.0 Å². The van der Waals surface area contributed by atoms with Crippen LogP contribution in [0.1, 0.15) is 45.6 Å². The molecule has 1 aromatic carbocycles. The molecule has 4 nitrogen and oxygen atoms in total. The van der Waals surface area contributed by atoms with Crippen LogP contribution < -0.4 is 10.5 Å². The molecule has 0 atom stereocenters. The van der Waals surface area contributed by atoms with Crippen molar-refractivity contribution in [2.45, 2.75) is 57.0 Å². The monoisotopic (exact) mass is 352 g/mol. The van der Waals surface area contributed by atoms with Gasteiger partial charge in [0.15, 0.2) is 0 Å². The predicted molar refractivity (Wildman–Crippen MR) is 88.3 cm³/mol. The Balaban J connectivity index is 3.35. The summed E-state index contributed by atoms with van der Waals surface area (Å²) < 4.78 is 28.1. The molecule has 120 valence electrons. The van der Waals surface area contributed by atoms with Gasteiger partial charge in [-0.15, -0.1) is 0 Å². The molecule has 0 aliphatic heterocycles. The highest BCUT2D eigenvalue weighted by molar-refractivity contribution is 7.89. The molecular weight excluding hydrogens is 331 g/mol. The van der Waals surface area contributed by atoms with E-state index in [2.05, 4.69) is 4.72 Å². The lowest BCUT2D eigenvalue weighted by atomic mass is 9.91. The summed E-state index contributed by atoms with van der Waals surface area (Å²) in [7, 11) is -3.76. The fourth-order valence-electron chi connectivity index (χ4n) is 2.27. The van der Waals surface area contributed by atoms with Crippen LogP contribution in [0.15, 0.2) is 17.0 Å². The van der Waals surface area contributed by atoms with E-state index in [1.807, 2.05) is 20.8 Å². The first-order valence-corrected chi connectivity index (χ1v) is 9.21. The first-order chi connectivity index (χ1) is 9.75. The van der Waals surface area contributed by atoms with Gasteiger partial charge in [0.1, 0.15) is 4.90 Å². The van der Waals surface area contributed by atoms with E-state index in [-0.39, 0.29) is 16.5 Å². The smallest absolute Gasteiger partial charge is 0.242 e. The van der Waals surface area contributed by atoms with Crippen molar-refractivity contribution >= 4 is 33.2 Å². The Kier molecular flexibility index (Phi) is 6.50. The molecule has 7 heteroatoms. The molecule has 0 radical (unpaired) electrons. The summed E-state index contributed by atoms with van der Waals surface area (Å²) in [5.41, 5.74) is 5.61. The second kappa shape index (κ2) is 7.29. The van der Waals surface area contributed by atoms with Crippen LogP contribution in [0.25, 0.3) is 0 Å². The van der Waals surface area contributed by atoms with Gasteiger partial charge in [0.25, 0.3) is 0 Å². The minimum Gasteiger partial charge on any atom is -0.326 e. The second-order valence-corrected chi connectivity index (χ2v) is 7.49. The molecule has 0 heterocycles. The van der Waals surface area contributed by atoms with E-state index >= 15 is 0 Å². The Hall–Kier alpha value is -0.330. The van der Waals surface area contributed by atoms with Crippen LogP contribution in [-0.2, 0) is 16.6 Å². The van der Waals surface area contributed by atoms with Gasteiger partial charge in [-0.3, -0.25) is 0 Å². The predicted octanol–water partition coefficient (Wildman–Crippen LogP) is 3.70. The highest BCUT2D eigenvalue weighted by Crippen LogP contribution is 2.31. The van der Waals surface area contributed by atoms with E-state index in [4.69, 9.17) is 28.9 Å². The molecular formula is C14H22Cl2N2O2S. The molecule has 0 bridgehead atoms. The Morgan fingerprint density at radius 1 is 1.14 bits per heavy atom. The number of halogens is 2. The SMILES string of the molecule is CCC(CC)(CC)NS(=O)(=O)c1cc(Cl)cc(CN)c1Cl. The Bertz CT molecular complexity index is 591. The van der Waals surface area contributed by atoms with E-state index in [0.717, 1.165) is 0 Å². The number of nitrogens with one attached hydrogen (secondary N) is 1. The summed E-state index contributed by atoms with van der Waals surface area (Å²) in [6.07, 6.45) is 2.09. The summed E-state index contributed by atoms with van der Waals surface area (Å²) in [5.74, 6) is 0. The number of hydrogen-bond acceptors (Lipinski definition) is 3. The van der Waals surface area contributed by atoms with E-state index in [9.17, 15) is 8.42 Å². The van der Waals surface area contributed by atoms with Gasteiger partial charge in [0.2, 0.25) is 10.0 Å². The lowest BCUT2D eigenvalue weighted by molar-refractivity contribution is 0.341. The summed E-state index contributed by atoms with van der Waals surface area (Å²) in [6.45, 7) is 6.00. The minimum atomic E-state index is -3.76. The molecule has 0 aliphatic carbocycles. The van der Waals surface area contributed by atoms with Crippen LogP contribution in [0.4, 0.5) is 0 Å². The summed E-state index contributed by atoms with van der Waals surface area (Å²) in [6, 6.07) is 2.94. The third kappa shape index (κ3) is 4.11. The Morgan fingerprint density at radius 2 is 1.67 bits per heavy atom. The van der Waals surface area contributed by atoms with Crippen molar-refractivity contribution in [1.82, 2.24) is 4.72 Å². The highest BCUT2D eigenvalue weighted by Gasteiger charge is 2.32. The number of benzene rings is 1. The Morgan fingerprint density at radius 3 is 2.10 bits per heavy atom. The summed E-state index contributed by atoms with van der Waals surface area (Å²) in [5, 5.41) is 0.432. The van der Waals surface area contributed by atoms with Crippen molar-refractivity contribution in [1.29, 1.82) is 0 Å². The molecule has 1 aromatic rings. The second-order valence-electron chi connectivity index (χ2n) is 5.03. The first kappa shape index (κ1) is 18.7. The molecule has 0 aliphatic rings. The highest BCUT2D eigenvalue weighted by atomic mass is 35.5.